The molecule has 0 saturated heterocycles. The van der Waals surface area contributed by atoms with Crippen molar-refractivity contribution in [2.24, 2.45) is 11.8 Å². The number of aryl methyl sites for hydroxylation is 1. The second-order valence-electron chi connectivity index (χ2n) is 11.5. The summed E-state index contributed by atoms with van der Waals surface area (Å²) in [5.74, 6) is 2.80. The molecule has 1 saturated carbocycles. The van der Waals surface area contributed by atoms with Crippen LogP contribution in [0.5, 0.6) is 11.5 Å². The van der Waals surface area contributed by atoms with Gasteiger partial charge in [-0.05, 0) is 109 Å². The number of carbonyl (C=O) groups excluding carboxylic acids is 2. The van der Waals surface area contributed by atoms with Crippen LogP contribution in [0.3, 0.4) is 0 Å². The van der Waals surface area contributed by atoms with E-state index in [1.54, 1.807) is 25.6 Å². The molecular weight excluding hydrogens is 522 g/mol. The van der Waals surface area contributed by atoms with Gasteiger partial charge in [-0.2, -0.15) is 0 Å². The number of benzene rings is 2. The summed E-state index contributed by atoms with van der Waals surface area (Å²) in [6.07, 6.45) is 5.49. The molecule has 0 unspecified atom stereocenters. The van der Waals surface area contributed by atoms with E-state index in [4.69, 9.17) is 14.2 Å². The van der Waals surface area contributed by atoms with Crippen LogP contribution in [0.4, 0.5) is 5.00 Å². The highest BCUT2D eigenvalue weighted by Crippen LogP contribution is 2.63. The molecule has 4 atom stereocenters. The molecular formula is C33H37NO5S. The molecule has 3 aliphatic carbocycles. The predicted molar refractivity (Wildman–Crippen MR) is 157 cm³/mol. The molecule has 0 spiro atoms. The molecule has 1 amide bonds. The first-order valence-electron chi connectivity index (χ1n) is 14.3. The van der Waals surface area contributed by atoms with Crippen molar-refractivity contribution in [2.45, 2.75) is 63.7 Å². The molecule has 40 heavy (non-hydrogen) atoms. The molecule has 0 bridgehead atoms. The summed E-state index contributed by atoms with van der Waals surface area (Å²) in [7, 11) is 3.35. The topological polar surface area (TPSA) is 73.9 Å². The minimum Gasteiger partial charge on any atom is -0.497 e. The number of ether oxygens (including phenoxy) is 3. The van der Waals surface area contributed by atoms with E-state index in [1.165, 1.54) is 16.0 Å². The van der Waals surface area contributed by atoms with Gasteiger partial charge in [-0.25, -0.2) is 4.79 Å². The number of amides is 1. The third-order valence-electron chi connectivity index (χ3n) is 9.54. The molecule has 210 valence electrons. The van der Waals surface area contributed by atoms with Crippen molar-refractivity contribution in [3.63, 3.8) is 0 Å². The van der Waals surface area contributed by atoms with Gasteiger partial charge in [0.1, 0.15) is 16.5 Å². The zero-order valence-corrected chi connectivity index (χ0v) is 24.5. The zero-order chi connectivity index (χ0) is 28.0. The van der Waals surface area contributed by atoms with Gasteiger partial charge in [0.05, 0.1) is 32.8 Å². The summed E-state index contributed by atoms with van der Waals surface area (Å²) in [4.78, 5) is 27.8. The van der Waals surface area contributed by atoms with E-state index in [0.717, 1.165) is 54.7 Å². The lowest BCUT2D eigenvalue weighted by Crippen LogP contribution is -2.43. The minimum atomic E-state index is -0.329. The predicted octanol–water partition coefficient (Wildman–Crippen LogP) is 6.69. The SMILES string of the molecule is CCOC(=O)c1c(NC(=O)Cc2ccc(OC)cc2)sc2c1[C@]1(C)CC[C@@H]3c4ccc(OC)cc4CC[C@@H]3[C@@H]1C2. The lowest BCUT2D eigenvalue weighted by Gasteiger charge is -2.49. The molecule has 7 heteroatoms. The summed E-state index contributed by atoms with van der Waals surface area (Å²) in [5, 5.41) is 3.71. The molecule has 3 aliphatic rings. The Kier molecular flexibility index (Phi) is 7.11. The van der Waals surface area contributed by atoms with Gasteiger partial charge >= 0.3 is 5.97 Å². The third kappa shape index (κ3) is 4.48. The van der Waals surface area contributed by atoms with Crippen molar-refractivity contribution in [1.29, 1.82) is 0 Å². The summed E-state index contributed by atoms with van der Waals surface area (Å²) in [5.41, 5.74) is 5.38. The lowest BCUT2D eigenvalue weighted by molar-refractivity contribution is -0.115. The Morgan fingerprint density at radius 3 is 2.52 bits per heavy atom. The van der Waals surface area contributed by atoms with Crippen molar-refractivity contribution in [3.05, 3.63) is 75.2 Å². The number of anilines is 1. The van der Waals surface area contributed by atoms with Crippen molar-refractivity contribution < 1.29 is 23.8 Å². The number of hydrogen-bond acceptors (Lipinski definition) is 6. The average Bonchev–Trinajstić information content (AvgIpc) is 3.46. The van der Waals surface area contributed by atoms with Gasteiger partial charge in [0.2, 0.25) is 5.91 Å². The van der Waals surface area contributed by atoms with E-state index in [9.17, 15) is 9.59 Å². The molecule has 2 aromatic carbocycles. The Balaban J connectivity index is 1.29. The van der Waals surface area contributed by atoms with Crippen LogP contribution in [0.15, 0.2) is 42.5 Å². The summed E-state index contributed by atoms with van der Waals surface area (Å²) in [6, 6.07) is 14.1. The number of nitrogens with one attached hydrogen (secondary N) is 1. The second kappa shape index (κ2) is 10.6. The smallest absolute Gasteiger partial charge is 0.341 e. The van der Waals surface area contributed by atoms with Crippen LogP contribution >= 0.6 is 11.3 Å². The van der Waals surface area contributed by atoms with E-state index < -0.39 is 0 Å². The molecule has 3 aromatic rings. The molecule has 1 fully saturated rings. The Hall–Kier alpha value is -3.32. The van der Waals surface area contributed by atoms with Gasteiger partial charge in [0, 0.05) is 4.88 Å². The number of thiophene rings is 1. The van der Waals surface area contributed by atoms with E-state index in [2.05, 4.69) is 30.4 Å². The summed E-state index contributed by atoms with van der Waals surface area (Å²) in [6.45, 7) is 4.48. The quantitative estimate of drug-likeness (QED) is 0.327. The maximum absolute atomic E-state index is 13.4. The Labute approximate surface area is 240 Å². The van der Waals surface area contributed by atoms with Crippen molar-refractivity contribution in [2.75, 3.05) is 26.1 Å². The number of carbonyl (C=O) groups is 2. The largest absolute Gasteiger partial charge is 0.497 e. The first-order chi connectivity index (χ1) is 19.4. The highest BCUT2D eigenvalue weighted by Gasteiger charge is 2.55. The fourth-order valence-electron chi connectivity index (χ4n) is 7.70. The first kappa shape index (κ1) is 26.9. The van der Waals surface area contributed by atoms with Gasteiger partial charge < -0.3 is 19.5 Å². The molecule has 1 N–H and O–H groups in total. The fourth-order valence-corrected chi connectivity index (χ4v) is 9.10. The van der Waals surface area contributed by atoms with Gasteiger partial charge in [0.15, 0.2) is 0 Å². The Morgan fingerprint density at radius 1 is 1.05 bits per heavy atom. The first-order valence-corrected chi connectivity index (χ1v) is 15.1. The molecule has 6 rings (SSSR count). The van der Waals surface area contributed by atoms with Crippen LogP contribution in [-0.4, -0.2) is 32.7 Å². The zero-order valence-electron chi connectivity index (χ0n) is 23.7. The van der Waals surface area contributed by atoms with Gasteiger partial charge in [-0.3, -0.25) is 4.79 Å². The van der Waals surface area contributed by atoms with Gasteiger partial charge in [-0.1, -0.05) is 25.1 Å². The number of methoxy groups -OCH3 is 2. The van der Waals surface area contributed by atoms with E-state index in [-0.39, 0.29) is 23.7 Å². The van der Waals surface area contributed by atoms with E-state index in [1.807, 2.05) is 31.2 Å². The second-order valence-corrected chi connectivity index (χ2v) is 12.6. The number of hydrogen-bond donors (Lipinski definition) is 1. The summed E-state index contributed by atoms with van der Waals surface area (Å²) < 4.78 is 16.3. The van der Waals surface area contributed by atoms with Crippen LogP contribution < -0.4 is 14.8 Å². The van der Waals surface area contributed by atoms with Crippen molar-refractivity contribution >= 4 is 28.2 Å². The monoisotopic (exact) mass is 559 g/mol. The molecule has 0 aliphatic heterocycles. The molecule has 6 nitrogen and oxygen atoms in total. The van der Waals surface area contributed by atoms with Crippen LogP contribution in [0, 0.1) is 11.8 Å². The van der Waals surface area contributed by atoms with Crippen LogP contribution in [0.1, 0.15) is 76.5 Å². The summed E-state index contributed by atoms with van der Waals surface area (Å²) >= 11 is 1.57. The van der Waals surface area contributed by atoms with E-state index >= 15 is 0 Å². The van der Waals surface area contributed by atoms with Crippen LogP contribution in [0.2, 0.25) is 0 Å². The maximum atomic E-state index is 13.4. The van der Waals surface area contributed by atoms with Crippen LogP contribution in [-0.2, 0) is 34.2 Å². The highest BCUT2D eigenvalue weighted by atomic mass is 32.1. The average molecular weight is 560 g/mol. The number of esters is 1. The molecule has 1 heterocycles. The van der Waals surface area contributed by atoms with Crippen molar-refractivity contribution in [3.8, 4) is 11.5 Å². The third-order valence-corrected chi connectivity index (χ3v) is 10.7. The highest BCUT2D eigenvalue weighted by molar-refractivity contribution is 7.17. The Morgan fingerprint density at radius 2 is 1.80 bits per heavy atom. The fraction of sp³-hybridized carbons (Fsp3) is 0.455. The molecule has 0 radical (unpaired) electrons. The van der Waals surface area contributed by atoms with Crippen LogP contribution in [0.25, 0.3) is 0 Å². The van der Waals surface area contributed by atoms with Crippen molar-refractivity contribution in [1.82, 2.24) is 0 Å². The molecule has 1 aromatic heterocycles. The van der Waals surface area contributed by atoms with Gasteiger partial charge in [0.25, 0.3) is 0 Å². The standard InChI is InChI=1S/C33H37NO5S/c1-5-39-32(36)29-30-27(40-31(29)34-28(35)16-19-6-9-21(37-3)10-7-19)18-26-25-12-8-20-17-22(38-4)11-13-23(20)24(25)14-15-33(26,30)2/h6-7,9-11,13,17,24-26H,5,8,12,14-16,18H2,1-4H3,(H,34,35)/t24-,25+,26+,33-/m1/s1. The van der Waals surface area contributed by atoms with Gasteiger partial charge in [-0.15, -0.1) is 11.3 Å². The number of fused-ring (bicyclic) bond motifs is 7. The lowest BCUT2D eigenvalue weighted by atomic mass is 9.54. The van der Waals surface area contributed by atoms with E-state index in [0.29, 0.717) is 34.9 Å². The number of rotatable bonds is 7. The minimum absolute atomic E-state index is 0.113. The Bertz CT molecular complexity index is 1440. The maximum Gasteiger partial charge on any atom is 0.341 e. The normalized spacial score (nSPS) is 24.2.